The van der Waals surface area contributed by atoms with Crippen LogP contribution in [0.3, 0.4) is 0 Å². The largest absolute Gasteiger partial charge is 0.339 e. The summed E-state index contributed by atoms with van der Waals surface area (Å²) < 4.78 is 0. The molecule has 2 heterocycles. The molecule has 0 radical (unpaired) electrons. The van der Waals surface area contributed by atoms with Crippen LogP contribution >= 0.6 is 0 Å². The summed E-state index contributed by atoms with van der Waals surface area (Å²) in [5.74, 6) is 5.59. The zero-order valence-electron chi connectivity index (χ0n) is 9.71. The number of likely N-dealkylation sites (tertiary alicyclic amines) is 1. The van der Waals surface area contributed by atoms with Gasteiger partial charge in [0.2, 0.25) is 0 Å². The van der Waals surface area contributed by atoms with Gasteiger partial charge in [-0.1, -0.05) is 0 Å². The molecule has 1 aliphatic heterocycles. The number of piperidine rings is 1. The average Bonchev–Trinajstić information content (AvgIpc) is 2.40. The number of carbonyl (C=O) groups is 1. The van der Waals surface area contributed by atoms with Crippen LogP contribution in [-0.4, -0.2) is 35.5 Å². The van der Waals surface area contributed by atoms with Crippen molar-refractivity contribution in [2.45, 2.75) is 12.8 Å². The van der Waals surface area contributed by atoms with Crippen LogP contribution in [0.4, 0.5) is 0 Å². The molecule has 92 valence electrons. The molecule has 1 saturated heterocycles. The Balaban J connectivity index is 1.91. The van der Waals surface area contributed by atoms with E-state index in [-0.39, 0.29) is 5.91 Å². The lowest BCUT2D eigenvalue weighted by molar-refractivity contribution is 0.0525. The summed E-state index contributed by atoms with van der Waals surface area (Å²) in [6.07, 6.45) is 5.17. The second kappa shape index (κ2) is 5.75. The van der Waals surface area contributed by atoms with Gasteiger partial charge in [0.05, 0.1) is 12.2 Å². The lowest BCUT2D eigenvalue weighted by atomic mass is 9.97. The minimum Gasteiger partial charge on any atom is -0.339 e. The van der Waals surface area contributed by atoms with E-state index in [9.17, 15) is 4.79 Å². The molecule has 0 spiro atoms. The van der Waals surface area contributed by atoms with Gasteiger partial charge in [0.25, 0.3) is 5.91 Å². The van der Waals surface area contributed by atoms with Crippen LogP contribution in [0.2, 0.25) is 0 Å². The number of rotatable bonds is 3. The lowest BCUT2D eigenvalue weighted by Gasteiger charge is -2.31. The fourth-order valence-electron chi connectivity index (χ4n) is 2.11. The Labute approximate surface area is 101 Å². The normalized spacial score (nSPS) is 17.1. The van der Waals surface area contributed by atoms with Gasteiger partial charge in [0, 0.05) is 25.5 Å². The number of amides is 1. The van der Waals surface area contributed by atoms with Crippen molar-refractivity contribution < 1.29 is 9.63 Å². The number of nitrogens with zero attached hydrogens (tertiary/aromatic N) is 2. The first-order chi connectivity index (χ1) is 8.31. The van der Waals surface area contributed by atoms with E-state index in [1.165, 1.54) is 0 Å². The molecule has 0 atom stereocenters. The molecule has 1 fully saturated rings. The van der Waals surface area contributed by atoms with Gasteiger partial charge in [-0.15, -0.1) is 0 Å². The van der Waals surface area contributed by atoms with Gasteiger partial charge in [0.15, 0.2) is 0 Å². The standard InChI is InChI=1S/C12H17N3O2/c13-17-9-10-3-6-15(7-4-10)12(16)11-2-1-5-14-8-11/h1-2,5,8,10H,3-4,6-7,9,13H2. The van der Waals surface area contributed by atoms with Crippen LogP contribution in [0.5, 0.6) is 0 Å². The Bertz CT molecular complexity index is 361. The Kier molecular flexibility index (Phi) is 4.06. The van der Waals surface area contributed by atoms with Crippen LogP contribution in [0.1, 0.15) is 23.2 Å². The third-order valence-electron chi connectivity index (χ3n) is 3.14. The van der Waals surface area contributed by atoms with E-state index in [0.717, 1.165) is 25.9 Å². The van der Waals surface area contributed by atoms with Gasteiger partial charge >= 0.3 is 0 Å². The van der Waals surface area contributed by atoms with E-state index in [4.69, 9.17) is 5.90 Å². The molecule has 0 bridgehead atoms. The molecule has 1 aromatic rings. The van der Waals surface area contributed by atoms with Crippen molar-refractivity contribution in [3.05, 3.63) is 30.1 Å². The van der Waals surface area contributed by atoms with E-state index in [2.05, 4.69) is 9.82 Å². The van der Waals surface area contributed by atoms with Crippen LogP contribution < -0.4 is 5.90 Å². The maximum atomic E-state index is 12.1. The second-order valence-electron chi connectivity index (χ2n) is 4.31. The first kappa shape index (κ1) is 12.0. The van der Waals surface area contributed by atoms with Crippen molar-refractivity contribution in [2.75, 3.05) is 19.7 Å². The topological polar surface area (TPSA) is 68.5 Å². The predicted octanol–water partition coefficient (Wildman–Crippen LogP) is 0.824. The molecule has 17 heavy (non-hydrogen) atoms. The highest BCUT2D eigenvalue weighted by molar-refractivity contribution is 5.93. The van der Waals surface area contributed by atoms with E-state index >= 15 is 0 Å². The minimum absolute atomic E-state index is 0.0604. The SMILES string of the molecule is NOCC1CCN(C(=O)c2cccnc2)CC1. The van der Waals surface area contributed by atoms with Crippen LogP contribution in [0, 0.1) is 5.92 Å². The Hall–Kier alpha value is -1.46. The number of hydrogen-bond acceptors (Lipinski definition) is 4. The summed E-state index contributed by atoms with van der Waals surface area (Å²) in [6, 6.07) is 3.58. The molecular weight excluding hydrogens is 218 g/mol. The van der Waals surface area contributed by atoms with Crippen molar-refractivity contribution in [3.8, 4) is 0 Å². The van der Waals surface area contributed by atoms with E-state index in [1.807, 2.05) is 4.90 Å². The van der Waals surface area contributed by atoms with Crippen molar-refractivity contribution in [1.29, 1.82) is 0 Å². The van der Waals surface area contributed by atoms with Gasteiger partial charge in [-0.25, -0.2) is 5.90 Å². The zero-order chi connectivity index (χ0) is 12.1. The fourth-order valence-corrected chi connectivity index (χ4v) is 2.11. The highest BCUT2D eigenvalue weighted by Crippen LogP contribution is 2.18. The highest BCUT2D eigenvalue weighted by Gasteiger charge is 2.23. The maximum Gasteiger partial charge on any atom is 0.255 e. The fraction of sp³-hybridized carbons (Fsp3) is 0.500. The van der Waals surface area contributed by atoms with Crippen molar-refractivity contribution in [1.82, 2.24) is 9.88 Å². The summed E-state index contributed by atoms with van der Waals surface area (Å²) in [6.45, 7) is 2.11. The lowest BCUT2D eigenvalue weighted by Crippen LogP contribution is -2.39. The number of carbonyl (C=O) groups excluding carboxylic acids is 1. The summed E-state index contributed by atoms with van der Waals surface area (Å²) in [5.41, 5.74) is 0.654. The molecule has 0 saturated carbocycles. The number of hydrogen-bond donors (Lipinski definition) is 1. The molecule has 5 nitrogen and oxygen atoms in total. The van der Waals surface area contributed by atoms with Crippen LogP contribution in [-0.2, 0) is 4.84 Å². The summed E-state index contributed by atoms with van der Waals surface area (Å²) >= 11 is 0. The molecule has 1 amide bonds. The summed E-state index contributed by atoms with van der Waals surface area (Å²) in [4.78, 5) is 22.6. The average molecular weight is 235 g/mol. The molecule has 0 aliphatic carbocycles. The summed E-state index contributed by atoms with van der Waals surface area (Å²) in [5, 5.41) is 0. The first-order valence-corrected chi connectivity index (χ1v) is 5.82. The monoisotopic (exact) mass is 235 g/mol. The molecule has 2 N–H and O–H groups in total. The molecular formula is C12H17N3O2. The van der Waals surface area contributed by atoms with Crippen molar-refractivity contribution >= 4 is 5.91 Å². The smallest absolute Gasteiger partial charge is 0.255 e. The molecule has 2 rings (SSSR count). The molecule has 1 aromatic heterocycles. The molecule has 5 heteroatoms. The van der Waals surface area contributed by atoms with Gasteiger partial charge in [-0.2, -0.15) is 0 Å². The molecule has 0 unspecified atom stereocenters. The van der Waals surface area contributed by atoms with E-state index < -0.39 is 0 Å². The maximum absolute atomic E-state index is 12.1. The number of pyridine rings is 1. The van der Waals surface area contributed by atoms with E-state index in [0.29, 0.717) is 18.1 Å². The van der Waals surface area contributed by atoms with Gasteiger partial charge in [0.1, 0.15) is 0 Å². The summed E-state index contributed by atoms with van der Waals surface area (Å²) in [7, 11) is 0. The third kappa shape index (κ3) is 3.01. The van der Waals surface area contributed by atoms with E-state index in [1.54, 1.807) is 24.5 Å². The Morgan fingerprint density at radius 1 is 1.53 bits per heavy atom. The molecule has 0 aromatic carbocycles. The van der Waals surface area contributed by atoms with Gasteiger partial charge < -0.3 is 9.74 Å². The minimum atomic E-state index is 0.0604. The number of aromatic nitrogens is 1. The second-order valence-corrected chi connectivity index (χ2v) is 4.31. The number of nitrogens with two attached hydrogens (primary N) is 1. The van der Waals surface area contributed by atoms with Crippen LogP contribution in [0.25, 0.3) is 0 Å². The Morgan fingerprint density at radius 2 is 2.29 bits per heavy atom. The molecule has 1 aliphatic rings. The van der Waals surface area contributed by atoms with Gasteiger partial charge in [-0.05, 0) is 30.9 Å². The predicted molar refractivity (Wildman–Crippen MR) is 63.0 cm³/mol. The highest BCUT2D eigenvalue weighted by atomic mass is 16.6. The van der Waals surface area contributed by atoms with Crippen LogP contribution in [0.15, 0.2) is 24.5 Å². The van der Waals surface area contributed by atoms with Crippen molar-refractivity contribution in [3.63, 3.8) is 0 Å². The quantitative estimate of drug-likeness (QED) is 0.788. The van der Waals surface area contributed by atoms with Gasteiger partial charge in [-0.3, -0.25) is 9.78 Å². The first-order valence-electron chi connectivity index (χ1n) is 5.82. The van der Waals surface area contributed by atoms with Crippen molar-refractivity contribution in [2.24, 2.45) is 11.8 Å². The zero-order valence-corrected chi connectivity index (χ0v) is 9.71. The third-order valence-corrected chi connectivity index (χ3v) is 3.14. The Morgan fingerprint density at radius 3 is 2.88 bits per heavy atom.